The van der Waals surface area contributed by atoms with Crippen molar-refractivity contribution in [3.05, 3.63) is 23.8 Å². The van der Waals surface area contributed by atoms with Crippen molar-refractivity contribution in [3.63, 3.8) is 0 Å². The predicted molar refractivity (Wildman–Crippen MR) is 61.2 cm³/mol. The molecule has 0 unspecified atom stereocenters. The smallest absolute Gasteiger partial charge is 0.252 e. The fourth-order valence-electron chi connectivity index (χ4n) is 1.72. The molecule has 1 fully saturated rings. The van der Waals surface area contributed by atoms with Gasteiger partial charge in [0.2, 0.25) is 0 Å². The maximum absolute atomic E-state index is 10.4. The highest BCUT2D eigenvalue weighted by Gasteiger charge is 2.29. The summed E-state index contributed by atoms with van der Waals surface area (Å²) in [5.74, 6) is 1.62. The van der Waals surface area contributed by atoms with Gasteiger partial charge < -0.3 is 0 Å². The van der Waals surface area contributed by atoms with E-state index >= 15 is 0 Å². The van der Waals surface area contributed by atoms with E-state index in [1.807, 2.05) is 6.07 Å². The molecule has 1 aliphatic carbocycles. The van der Waals surface area contributed by atoms with Crippen molar-refractivity contribution in [2.45, 2.75) is 38.1 Å². The highest BCUT2D eigenvalue weighted by atomic mass is 16.1. The predicted octanol–water partition coefficient (Wildman–Crippen LogP) is 1.56. The van der Waals surface area contributed by atoms with Gasteiger partial charge in [-0.25, -0.2) is 9.67 Å². The van der Waals surface area contributed by atoms with Gasteiger partial charge in [-0.3, -0.25) is 4.79 Å². The molecule has 1 aromatic heterocycles. The van der Waals surface area contributed by atoms with E-state index in [2.05, 4.69) is 16.7 Å². The summed E-state index contributed by atoms with van der Waals surface area (Å²) in [6.45, 7) is 4.32. The van der Waals surface area contributed by atoms with Crippen molar-refractivity contribution in [1.29, 1.82) is 5.26 Å². The molecule has 0 spiro atoms. The van der Waals surface area contributed by atoms with Crippen molar-refractivity contribution < 1.29 is 4.79 Å². The number of hydrogen-bond acceptors (Lipinski definition) is 4. The Balaban J connectivity index is 1.99. The Kier molecular flexibility index (Phi) is 3.33. The number of aromatic nitrogens is 3. The van der Waals surface area contributed by atoms with E-state index in [4.69, 9.17) is 5.26 Å². The molecule has 0 aliphatic heterocycles. The van der Waals surface area contributed by atoms with E-state index in [0.29, 0.717) is 24.5 Å². The lowest BCUT2D eigenvalue weighted by Gasteiger charge is -2.03. The summed E-state index contributed by atoms with van der Waals surface area (Å²) < 4.78 is 1.80. The van der Waals surface area contributed by atoms with Crippen LogP contribution in [0.15, 0.2) is 12.2 Å². The molecular weight excluding hydrogens is 216 g/mol. The topological polar surface area (TPSA) is 71.6 Å². The van der Waals surface area contributed by atoms with Gasteiger partial charge in [-0.15, -0.1) is 5.10 Å². The number of nitriles is 1. The molecule has 0 bridgehead atoms. The Morgan fingerprint density at radius 3 is 3.00 bits per heavy atom. The van der Waals surface area contributed by atoms with Gasteiger partial charge in [0.1, 0.15) is 18.2 Å². The van der Waals surface area contributed by atoms with Crippen molar-refractivity contribution in [1.82, 2.24) is 14.8 Å². The quantitative estimate of drug-likeness (QED) is 0.549. The number of aryl methyl sites for hydroxylation is 1. The minimum absolute atomic E-state index is 0.237. The summed E-state index contributed by atoms with van der Waals surface area (Å²) in [5, 5.41) is 12.9. The van der Waals surface area contributed by atoms with Gasteiger partial charge in [0, 0.05) is 12.5 Å². The summed E-state index contributed by atoms with van der Waals surface area (Å²) in [6.07, 6.45) is 4.50. The zero-order chi connectivity index (χ0) is 12.3. The third-order valence-corrected chi connectivity index (χ3v) is 2.78. The van der Waals surface area contributed by atoms with E-state index in [1.54, 1.807) is 4.68 Å². The summed E-state index contributed by atoms with van der Waals surface area (Å²) in [7, 11) is 0. The van der Waals surface area contributed by atoms with E-state index in [-0.39, 0.29) is 5.82 Å². The number of hydrogen-bond donors (Lipinski definition) is 0. The van der Waals surface area contributed by atoms with Crippen LogP contribution >= 0.6 is 0 Å². The molecule has 0 aromatic carbocycles. The maximum atomic E-state index is 10.4. The van der Waals surface area contributed by atoms with Gasteiger partial charge in [-0.05, 0) is 31.3 Å². The third-order valence-electron chi connectivity index (χ3n) is 2.78. The molecule has 1 aromatic rings. The Morgan fingerprint density at radius 1 is 1.65 bits per heavy atom. The average molecular weight is 230 g/mol. The van der Waals surface area contributed by atoms with E-state index in [9.17, 15) is 4.79 Å². The van der Waals surface area contributed by atoms with Gasteiger partial charge in [0.15, 0.2) is 0 Å². The second kappa shape index (κ2) is 4.91. The average Bonchev–Trinajstić information content (AvgIpc) is 3.10. The highest BCUT2D eigenvalue weighted by Crippen LogP contribution is 2.38. The first-order valence-corrected chi connectivity index (χ1v) is 5.72. The fourth-order valence-corrected chi connectivity index (χ4v) is 1.72. The van der Waals surface area contributed by atoms with Crippen LogP contribution in [0.25, 0.3) is 0 Å². The largest absolute Gasteiger partial charge is 0.298 e. The number of nitrogens with zero attached hydrogens (tertiary/aromatic N) is 4. The van der Waals surface area contributed by atoms with E-state index in [1.165, 1.54) is 0 Å². The number of rotatable bonds is 6. The third kappa shape index (κ3) is 2.78. The van der Waals surface area contributed by atoms with Crippen LogP contribution in [0.4, 0.5) is 0 Å². The lowest BCUT2D eigenvalue weighted by molar-refractivity contribution is -0.105. The standard InChI is InChI=1S/C12H14N4O/c1-9(8-17)3-2-6-16-12(10-4-5-10)14-11(7-13)15-16/h8,10H,1-6H2. The zero-order valence-electron chi connectivity index (χ0n) is 9.59. The van der Waals surface area contributed by atoms with Crippen LogP contribution < -0.4 is 0 Å². The normalized spacial score (nSPS) is 14.3. The lowest BCUT2D eigenvalue weighted by atomic mass is 10.2. The van der Waals surface area contributed by atoms with Gasteiger partial charge >= 0.3 is 0 Å². The van der Waals surface area contributed by atoms with Crippen molar-refractivity contribution in [2.75, 3.05) is 0 Å². The van der Waals surface area contributed by atoms with Crippen LogP contribution in [0.1, 0.15) is 43.3 Å². The monoisotopic (exact) mass is 230 g/mol. The fraction of sp³-hybridized carbons (Fsp3) is 0.500. The Morgan fingerprint density at radius 2 is 2.41 bits per heavy atom. The van der Waals surface area contributed by atoms with Crippen LogP contribution in [0, 0.1) is 11.3 Å². The van der Waals surface area contributed by atoms with Crippen LogP contribution in [0.5, 0.6) is 0 Å². The van der Waals surface area contributed by atoms with Gasteiger partial charge in [-0.2, -0.15) is 5.26 Å². The summed E-state index contributed by atoms with van der Waals surface area (Å²) in [6, 6.07) is 1.96. The number of carbonyl (C=O) groups is 1. The Hall–Kier alpha value is -1.96. The van der Waals surface area contributed by atoms with Crippen LogP contribution in [-0.2, 0) is 11.3 Å². The lowest BCUT2D eigenvalue weighted by Crippen LogP contribution is -2.05. The number of allylic oxidation sites excluding steroid dienone is 1. The molecule has 1 heterocycles. The van der Waals surface area contributed by atoms with Crippen LogP contribution in [0.2, 0.25) is 0 Å². The van der Waals surface area contributed by atoms with Crippen molar-refractivity contribution >= 4 is 6.29 Å². The molecule has 1 saturated carbocycles. The summed E-state index contributed by atoms with van der Waals surface area (Å²) in [5.41, 5.74) is 0.596. The molecule has 5 heteroatoms. The van der Waals surface area contributed by atoms with E-state index < -0.39 is 0 Å². The van der Waals surface area contributed by atoms with Crippen LogP contribution in [-0.4, -0.2) is 21.1 Å². The van der Waals surface area contributed by atoms with Gasteiger partial charge in [0.05, 0.1) is 0 Å². The molecule has 17 heavy (non-hydrogen) atoms. The van der Waals surface area contributed by atoms with Crippen molar-refractivity contribution in [3.8, 4) is 6.07 Å². The second-order valence-corrected chi connectivity index (χ2v) is 4.28. The first-order chi connectivity index (χ1) is 8.24. The molecule has 2 rings (SSSR count). The molecule has 88 valence electrons. The second-order valence-electron chi connectivity index (χ2n) is 4.28. The zero-order valence-corrected chi connectivity index (χ0v) is 9.59. The Labute approximate surface area is 99.8 Å². The molecule has 0 atom stereocenters. The van der Waals surface area contributed by atoms with Gasteiger partial charge in [0.25, 0.3) is 5.82 Å². The maximum Gasteiger partial charge on any atom is 0.252 e. The Bertz CT molecular complexity index is 479. The molecule has 5 nitrogen and oxygen atoms in total. The number of carbonyl (C=O) groups excluding carboxylic acids is 1. The first-order valence-electron chi connectivity index (χ1n) is 5.72. The summed E-state index contributed by atoms with van der Waals surface area (Å²) >= 11 is 0. The van der Waals surface area contributed by atoms with Crippen LogP contribution in [0.3, 0.4) is 0 Å². The SMILES string of the molecule is C=C(C=O)CCCn1nc(C#N)nc1C1CC1. The molecular formula is C12H14N4O. The first kappa shape index (κ1) is 11.5. The van der Waals surface area contributed by atoms with E-state index in [0.717, 1.165) is 31.4 Å². The van der Waals surface area contributed by atoms with Crippen molar-refractivity contribution in [2.24, 2.45) is 0 Å². The number of aldehydes is 1. The minimum atomic E-state index is 0.237. The van der Waals surface area contributed by atoms with Gasteiger partial charge in [-0.1, -0.05) is 6.58 Å². The molecule has 0 N–H and O–H groups in total. The molecule has 1 aliphatic rings. The highest BCUT2D eigenvalue weighted by molar-refractivity contribution is 5.71. The molecule has 0 amide bonds. The summed E-state index contributed by atoms with van der Waals surface area (Å²) in [4.78, 5) is 14.6. The molecule has 0 radical (unpaired) electrons. The minimum Gasteiger partial charge on any atom is -0.298 e. The molecule has 0 saturated heterocycles.